The highest BCUT2D eigenvalue weighted by atomic mass is 35.5. The first-order valence-electron chi connectivity index (χ1n) is 15.5. The quantitative estimate of drug-likeness (QED) is 0.204. The van der Waals surface area contributed by atoms with E-state index in [0.29, 0.717) is 41.8 Å². The van der Waals surface area contributed by atoms with E-state index < -0.39 is 17.7 Å². The Bertz CT molecular complexity index is 2110. The van der Waals surface area contributed by atoms with E-state index in [9.17, 15) is 9.65 Å². The van der Waals surface area contributed by atoms with Crippen molar-refractivity contribution in [1.82, 2.24) is 24.8 Å². The number of nitrogen functional groups attached to an aromatic ring is 2. The summed E-state index contributed by atoms with van der Waals surface area (Å²) in [4.78, 5) is 21.8. The van der Waals surface area contributed by atoms with Gasteiger partial charge in [-0.2, -0.15) is 15.2 Å². The molecule has 2 saturated heterocycles. The van der Waals surface area contributed by atoms with Crippen LogP contribution in [0.15, 0.2) is 30.7 Å². The van der Waals surface area contributed by atoms with Gasteiger partial charge in [-0.1, -0.05) is 17.7 Å². The number of ether oxygens (including phenoxy) is 2. The molecule has 2 aliphatic rings. The smallest absolute Gasteiger partial charge is 0.319 e. The average molecular weight is 692 g/mol. The van der Waals surface area contributed by atoms with E-state index in [1.807, 2.05) is 13.0 Å². The predicted octanol–water partition coefficient (Wildman–Crippen LogP) is 6.10. The Labute approximate surface area is 284 Å². The van der Waals surface area contributed by atoms with E-state index in [0.717, 1.165) is 30.7 Å². The number of anilines is 3. The lowest BCUT2D eigenvalue weighted by atomic mass is 9.97. The van der Waals surface area contributed by atoms with E-state index in [-0.39, 0.29) is 60.5 Å². The van der Waals surface area contributed by atoms with Crippen molar-refractivity contribution in [2.24, 2.45) is 0 Å². The van der Waals surface area contributed by atoms with E-state index in [2.05, 4.69) is 26.8 Å². The van der Waals surface area contributed by atoms with Crippen LogP contribution >= 0.6 is 22.9 Å². The third kappa shape index (κ3) is 5.40. The molecule has 0 saturated carbocycles. The molecule has 0 amide bonds. The second kappa shape index (κ2) is 12.6. The minimum atomic E-state index is -0.779. The van der Waals surface area contributed by atoms with Crippen molar-refractivity contribution in [2.45, 2.75) is 50.9 Å². The van der Waals surface area contributed by atoms with Gasteiger partial charge >= 0.3 is 6.01 Å². The Morgan fingerprint density at radius 3 is 2.85 bits per heavy atom. The fourth-order valence-corrected chi connectivity index (χ4v) is 8.02. The molecule has 0 aliphatic carbocycles. The largest absolute Gasteiger partial charge is 0.462 e. The van der Waals surface area contributed by atoms with Crippen LogP contribution in [0.3, 0.4) is 0 Å². The number of hydrogen-bond donors (Lipinski definition) is 2. The van der Waals surface area contributed by atoms with Crippen LogP contribution in [0.25, 0.3) is 32.1 Å². The Balaban J connectivity index is 1.37. The number of hydrogen-bond acceptors (Lipinski definition) is 12. The number of benzene rings is 2. The number of nitrogens with zero attached hydrogens (tertiary/aromatic N) is 7. The summed E-state index contributed by atoms with van der Waals surface area (Å²) < 4.78 is 44.1. The Kier molecular flexibility index (Phi) is 8.41. The summed E-state index contributed by atoms with van der Waals surface area (Å²) in [7, 11) is 1.79. The average Bonchev–Trinajstić information content (AvgIpc) is 3.64. The first kappa shape index (κ1) is 32.1. The minimum absolute atomic E-state index is 0.0159. The molecule has 2 aliphatic heterocycles. The molecule has 5 aromatic rings. The van der Waals surface area contributed by atoms with Crippen LogP contribution < -0.4 is 21.1 Å². The number of nitriles is 1. The Hall–Kier alpha value is -4.42. The van der Waals surface area contributed by atoms with Crippen LogP contribution in [0.4, 0.5) is 25.4 Å². The number of thiophene rings is 1. The zero-order valence-corrected chi connectivity index (χ0v) is 27.9. The summed E-state index contributed by atoms with van der Waals surface area (Å²) in [6.07, 6.45) is 5.01. The van der Waals surface area contributed by atoms with Crippen molar-refractivity contribution < 1.29 is 18.3 Å². The molecule has 2 fully saturated rings. The molecule has 248 valence electrons. The molecular weight excluding hydrogens is 660 g/mol. The van der Waals surface area contributed by atoms with Crippen LogP contribution in [0.2, 0.25) is 5.02 Å². The molecule has 0 radical (unpaired) electrons. The van der Waals surface area contributed by atoms with Gasteiger partial charge in [-0.25, -0.2) is 18.7 Å². The van der Waals surface area contributed by atoms with Crippen molar-refractivity contribution >= 4 is 60.6 Å². The number of rotatable bonds is 7. The molecule has 48 heavy (non-hydrogen) atoms. The normalized spacial score (nSPS) is 20.1. The Morgan fingerprint density at radius 1 is 1.27 bits per heavy atom. The highest BCUT2D eigenvalue weighted by Gasteiger charge is 2.38. The van der Waals surface area contributed by atoms with Gasteiger partial charge in [-0.3, -0.25) is 4.90 Å². The second-order valence-electron chi connectivity index (χ2n) is 12.2. The molecule has 15 heteroatoms. The maximum atomic E-state index is 17.0. The summed E-state index contributed by atoms with van der Waals surface area (Å²) in [6, 6.07) is 6.23. The summed E-state index contributed by atoms with van der Waals surface area (Å²) in [5, 5.41) is 10.5. The van der Waals surface area contributed by atoms with Gasteiger partial charge < -0.3 is 25.8 Å². The van der Waals surface area contributed by atoms with Gasteiger partial charge in [0.2, 0.25) is 0 Å². The third-order valence-electron chi connectivity index (χ3n) is 9.40. The van der Waals surface area contributed by atoms with Gasteiger partial charge in [0.05, 0.1) is 34.0 Å². The molecule has 5 heterocycles. The van der Waals surface area contributed by atoms with Crippen molar-refractivity contribution in [3.05, 3.63) is 58.5 Å². The number of aromatic nitrogens is 4. The highest BCUT2D eigenvalue weighted by molar-refractivity contribution is 7.23. The number of fused-ring (bicyclic) bond motifs is 3. The Morgan fingerprint density at radius 2 is 2.08 bits per heavy atom. The number of halogens is 3. The van der Waals surface area contributed by atoms with Gasteiger partial charge in [-0.05, 0) is 44.4 Å². The lowest BCUT2D eigenvalue weighted by Gasteiger charge is -2.37. The van der Waals surface area contributed by atoms with Crippen molar-refractivity contribution in [3.63, 3.8) is 0 Å². The van der Waals surface area contributed by atoms with Crippen LogP contribution in [0.5, 0.6) is 6.01 Å². The lowest BCUT2D eigenvalue weighted by Crippen LogP contribution is -2.49. The highest BCUT2D eigenvalue weighted by Crippen LogP contribution is 2.46. The van der Waals surface area contributed by atoms with Gasteiger partial charge in [-0.15, -0.1) is 11.3 Å². The second-order valence-corrected chi connectivity index (χ2v) is 13.7. The van der Waals surface area contributed by atoms with E-state index >= 15 is 4.39 Å². The molecule has 4 N–H and O–H groups in total. The van der Waals surface area contributed by atoms with Gasteiger partial charge in [0, 0.05) is 53.8 Å². The van der Waals surface area contributed by atoms with Crippen LogP contribution in [0.1, 0.15) is 43.9 Å². The molecule has 7 rings (SSSR count). The molecule has 0 unspecified atom stereocenters. The number of nitrogens with two attached hydrogens (primary N) is 2. The van der Waals surface area contributed by atoms with Gasteiger partial charge in [0.1, 0.15) is 47.0 Å². The fourth-order valence-electron chi connectivity index (χ4n) is 6.78. The number of morpholine rings is 1. The van der Waals surface area contributed by atoms with Crippen LogP contribution in [0, 0.1) is 23.0 Å². The van der Waals surface area contributed by atoms with Crippen molar-refractivity contribution in [2.75, 3.05) is 43.2 Å². The predicted molar refractivity (Wildman–Crippen MR) is 182 cm³/mol. The lowest BCUT2D eigenvalue weighted by molar-refractivity contribution is -0.0556. The maximum absolute atomic E-state index is 17.0. The summed E-state index contributed by atoms with van der Waals surface area (Å²) in [5.41, 5.74) is 13.1. The summed E-state index contributed by atoms with van der Waals surface area (Å²) in [6.45, 7) is 5.72. The third-order valence-corrected chi connectivity index (χ3v) is 10.7. The summed E-state index contributed by atoms with van der Waals surface area (Å²) >= 11 is 7.76. The molecule has 2 aromatic carbocycles. The first-order valence-corrected chi connectivity index (χ1v) is 16.7. The SMILES string of the molecule is C[C@@H]1CN2[C@@H](COc3nc(N(C)[C@H](C)c4cncnc4N)c4cc(Cl)c(-c5ccc(F)c6sc(N)c(C#N)c56)c(F)c4n3)CC[C@@H]2CO1. The van der Waals surface area contributed by atoms with Crippen LogP contribution in [-0.2, 0) is 4.74 Å². The fraction of sp³-hybridized carbons (Fsp3) is 0.364. The molecule has 0 bridgehead atoms. The maximum Gasteiger partial charge on any atom is 0.319 e. The molecule has 11 nitrogen and oxygen atoms in total. The van der Waals surface area contributed by atoms with E-state index in [1.54, 1.807) is 24.2 Å². The van der Waals surface area contributed by atoms with Gasteiger partial charge in [0.25, 0.3) is 0 Å². The zero-order chi connectivity index (χ0) is 33.9. The molecular formula is C33H32ClF2N9O2S. The van der Waals surface area contributed by atoms with Gasteiger partial charge in [0.15, 0.2) is 5.82 Å². The van der Waals surface area contributed by atoms with Crippen molar-refractivity contribution in [1.29, 1.82) is 5.26 Å². The summed E-state index contributed by atoms with van der Waals surface area (Å²) in [5.74, 6) is -0.721. The molecule has 3 aromatic heterocycles. The van der Waals surface area contributed by atoms with E-state index in [4.69, 9.17) is 37.5 Å². The molecule has 4 atom stereocenters. The van der Waals surface area contributed by atoms with Crippen molar-refractivity contribution in [3.8, 4) is 23.2 Å². The standard InChI is InChI=1S/C33H32ClF2N9O2S/c1-15-11-45-17(12-46-15)4-5-18(45)13-47-33-42-28-20(32(43-33)44(3)16(2)22-10-40-14-41-30(22)38)8-23(34)26(27(28)36)19-6-7-24(35)29-25(19)21(9-37)31(39)48-29/h6-8,10,14-18H,4-5,11-13,39H2,1-3H3,(H2,38,40,41)/t15-,16-,17-,18-/m1/s1. The molecule has 0 spiro atoms. The van der Waals surface area contributed by atoms with E-state index in [1.165, 1.54) is 18.5 Å². The monoisotopic (exact) mass is 691 g/mol. The van der Waals surface area contributed by atoms with Crippen LogP contribution in [-0.4, -0.2) is 69.8 Å². The minimum Gasteiger partial charge on any atom is -0.462 e. The topological polar surface area (TPSA) is 152 Å². The zero-order valence-electron chi connectivity index (χ0n) is 26.4. The first-order chi connectivity index (χ1) is 23.1.